The lowest BCUT2D eigenvalue weighted by Gasteiger charge is -2.08. The number of hydrogen-bond acceptors (Lipinski definition) is 6. The van der Waals surface area contributed by atoms with Gasteiger partial charge in [0.05, 0.1) is 16.3 Å². The third-order valence-electron chi connectivity index (χ3n) is 4.22. The number of aliphatic imine (C=N–C) groups is 1. The van der Waals surface area contributed by atoms with Crippen molar-refractivity contribution in [2.24, 2.45) is 10.1 Å². The van der Waals surface area contributed by atoms with Crippen molar-refractivity contribution >= 4 is 22.9 Å². The number of fused-ring (bicyclic) bond motifs is 1. The van der Waals surface area contributed by atoms with Gasteiger partial charge in [-0.3, -0.25) is 20.5 Å². The Kier molecular flexibility index (Phi) is 4.18. The number of hydrogen-bond donors (Lipinski definition) is 1. The Morgan fingerprint density at radius 2 is 1.70 bits per heavy atom. The van der Waals surface area contributed by atoms with Crippen LogP contribution < -0.4 is 5.43 Å². The molecule has 132 valence electrons. The number of benzene rings is 2. The monoisotopic (exact) mass is 357 g/mol. The Bertz CT molecular complexity index is 1070. The van der Waals surface area contributed by atoms with Gasteiger partial charge in [0.2, 0.25) is 0 Å². The Morgan fingerprint density at radius 3 is 2.41 bits per heavy atom. The highest BCUT2D eigenvalue weighted by molar-refractivity contribution is 6.18. The van der Waals surface area contributed by atoms with E-state index in [0.717, 1.165) is 27.9 Å². The smallest absolute Gasteiger partial charge is 0.265 e. The van der Waals surface area contributed by atoms with Gasteiger partial charge in [-0.05, 0) is 43.3 Å². The summed E-state index contributed by atoms with van der Waals surface area (Å²) in [6.45, 7) is 2.00. The van der Waals surface area contributed by atoms with Gasteiger partial charge in [-0.25, -0.2) is 4.99 Å². The molecule has 0 bridgehead atoms. The number of pyridine rings is 1. The van der Waals surface area contributed by atoms with Crippen LogP contribution in [0.4, 0.5) is 11.4 Å². The summed E-state index contributed by atoms with van der Waals surface area (Å²) in [6.07, 6.45) is 3.39. The molecule has 0 aliphatic carbocycles. The fourth-order valence-corrected chi connectivity index (χ4v) is 2.85. The number of nitrogens with one attached hydrogen (secondary N) is 1. The van der Waals surface area contributed by atoms with Gasteiger partial charge in [-0.1, -0.05) is 11.6 Å². The van der Waals surface area contributed by atoms with E-state index in [1.165, 1.54) is 12.1 Å². The van der Waals surface area contributed by atoms with Crippen molar-refractivity contribution in [2.45, 2.75) is 6.92 Å². The van der Waals surface area contributed by atoms with Crippen molar-refractivity contribution in [1.82, 2.24) is 10.4 Å². The van der Waals surface area contributed by atoms with Crippen LogP contribution in [0, 0.1) is 17.0 Å². The lowest BCUT2D eigenvalue weighted by atomic mass is 9.99. The summed E-state index contributed by atoms with van der Waals surface area (Å²) < 4.78 is 0. The predicted octanol–water partition coefficient (Wildman–Crippen LogP) is 3.73. The van der Waals surface area contributed by atoms with Gasteiger partial charge in [0.1, 0.15) is 0 Å². The summed E-state index contributed by atoms with van der Waals surface area (Å²) in [7, 11) is 0. The third-order valence-corrected chi connectivity index (χ3v) is 4.22. The molecule has 0 saturated heterocycles. The normalized spacial score (nSPS) is 12.9. The zero-order valence-corrected chi connectivity index (χ0v) is 14.5. The fraction of sp³-hybridized carbons (Fsp3) is 0.0500. The summed E-state index contributed by atoms with van der Waals surface area (Å²) in [5.41, 5.74) is 8.09. The van der Waals surface area contributed by atoms with Crippen LogP contribution in [0.3, 0.4) is 0 Å². The average Bonchev–Trinajstić information content (AvgIpc) is 2.88. The molecule has 1 aromatic heterocycles. The molecular weight excluding hydrogens is 342 g/mol. The first-order chi connectivity index (χ1) is 13.1. The molecule has 3 aromatic rings. The van der Waals surface area contributed by atoms with Crippen LogP contribution in [-0.2, 0) is 0 Å². The topological polar surface area (TPSA) is 92.8 Å². The Hall–Kier alpha value is -3.87. The maximum Gasteiger partial charge on any atom is 0.269 e. The molecule has 7 nitrogen and oxygen atoms in total. The molecule has 0 amide bonds. The predicted molar refractivity (Wildman–Crippen MR) is 103 cm³/mol. The van der Waals surface area contributed by atoms with Gasteiger partial charge < -0.3 is 0 Å². The minimum Gasteiger partial charge on any atom is -0.265 e. The Balaban J connectivity index is 1.83. The molecule has 0 spiro atoms. The lowest BCUT2D eigenvalue weighted by molar-refractivity contribution is -0.384. The van der Waals surface area contributed by atoms with Gasteiger partial charge in [0.15, 0.2) is 5.84 Å². The average molecular weight is 357 g/mol. The number of nitro benzene ring substituents is 1. The fourth-order valence-electron chi connectivity index (χ4n) is 2.85. The number of nitro groups is 1. The zero-order chi connectivity index (χ0) is 18.8. The quantitative estimate of drug-likeness (QED) is 0.571. The highest BCUT2D eigenvalue weighted by atomic mass is 16.6. The van der Waals surface area contributed by atoms with E-state index < -0.39 is 4.92 Å². The van der Waals surface area contributed by atoms with E-state index in [2.05, 4.69) is 15.5 Å². The third kappa shape index (κ3) is 3.30. The molecular formula is C20H15N5O2. The molecule has 2 heterocycles. The maximum atomic E-state index is 10.9. The minimum absolute atomic E-state index is 0.0409. The minimum atomic E-state index is -0.417. The van der Waals surface area contributed by atoms with Crippen LogP contribution in [-0.4, -0.2) is 21.5 Å². The van der Waals surface area contributed by atoms with Crippen molar-refractivity contribution in [3.8, 4) is 0 Å². The van der Waals surface area contributed by atoms with Gasteiger partial charge in [0, 0.05) is 41.2 Å². The molecule has 1 N–H and O–H groups in total. The van der Waals surface area contributed by atoms with Crippen molar-refractivity contribution in [3.63, 3.8) is 0 Å². The van der Waals surface area contributed by atoms with Crippen LogP contribution in [0.1, 0.15) is 22.3 Å². The first-order valence-electron chi connectivity index (χ1n) is 8.30. The van der Waals surface area contributed by atoms with Gasteiger partial charge >= 0.3 is 0 Å². The number of nitrogens with zero attached hydrogens (tertiary/aromatic N) is 4. The molecule has 0 atom stereocenters. The van der Waals surface area contributed by atoms with Crippen LogP contribution in [0.25, 0.3) is 0 Å². The summed E-state index contributed by atoms with van der Waals surface area (Å²) in [4.78, 5) is 19.3. The number of aryl methyl sites for hydroxylation is 1. The molecule has 1 aliphatic heterocycles. The van der Waals surface area contributed by atoms with Crippen LogP contribution in [0.2, 0.25) is 0 Å². The van der Waals surface area contributed by atoms with E-state index in [-0.39, 0.29) is 5.69 Å². The van der Waals surface area contributed by atoms with E-state index in [1.54, 1.807) is 24.5 Å². The second-order valence-corrected chi connectivity index (χ2v) is 6.09. The van der Waals surface area contributed by atoms with E-state index in [4.69, 9.17) is 4.99 Å². The lowest BCUT2D eigenvalue weighted by Crippen LogP contribution is -2.19. The molecule has 7 heteroatoms. The van der Waals surface area contributed by atoms with Crippen molar-refractivity contribution in [3.05, 3.63) is 99.4 Å². The largest absolute Gasteiger partial charge is 0.269 e. The summed E-state index contributed by atoms with van der Waals surface area (Å²) >= 11 is 0. The van der Waals surface area contributed by atoms with Crippen molar-refractivity contribution < 1.29 is 4.92 Å². The Morgan fingerprint density at radius 1 is 0.963 bits per heavy atom. The number of non-ortho nitro benzene ring substituents is 1. The molecule has 2 aromatic carbocycles. The van der Waals surface area contributed by atoms with Gasteiger partial charge in [0.25, 0.3) is 5.69 Å². The molecule has 0 unspecified atom stereocenters. The van der Waals surface area contributed by atoms with E-state index in [9.17, 15) is 10.1 Å². The van der Waals surface area contributed by atoms with E-state index in [0.29, 0.717) is 11.5 Å². The molecule has 1 aliphatic rings. The van der Waals surface area contributed by atoms with Gasteiger partial charge in [-0.15, -0.1) is 0 Å². The Labute approximate surface area is 155 Å². The number of hydrazone groups is 1. The molecule has 0 saturated carbocycles. The number of rotatable bonds is 3. The first-order valence-corrected chi connectivity index (χ1v) is 8.30. The standard InChI is InChI=1S/C20H15N5O2/c1-13-2-7-18-17(12-13)19(14-3-5-16(6-4-14)25(26)27)23-24-20(22-18)15-8-10-21-11-9-15/h2-12H,1H3,(H,22,24). The SMILES string of the molecule is Cc1ccc2c(c1)C(c1ccc([N+](=O)[O-])cc1)=NNC(c1ccncc1)=N2. The summed E-state index contributed by atoms with van der Waals surface area (Å²) in [5.74, 6) is 0.611. The highest BCUT2D eigenvalue weighted by Gasteiger charge is 2.18. The van der Waals surface area contributed by atoms with Crippen molar-refractivity contribution in [2.75, 3.05) is 0 Å². The summed E-state index contributed by atoms with van der Waals surface area (Å²) in [5, 5.41) is 15.5. The second kappa shape index (κ2) is 6.80. The molecule has 4 rings (SSSR count). The van der Waals surface area contributed by atoms with E-state index in [1.807, 2.05) is 37.3 Å². The van der Waals surface area contributed by atoms with E-state index >= 15 is 0 Å². The van der Waals surface area contributed by atoms with Gasteiger partial charge in [-0.2, -0.15) is 5.10 Å². The molecule has 27 heavy (non-hydrogen) atoms. The van der Waals surface area contributed by atoms with Crippen LogP contribution in [0.5, 0.6) is 0 Å². The molecule has 0 radical (unpaired) electrons. The zero-order valence-electron chi connectivity index (χ0n) is 14.5. The number of aromatic nitrogens is 1. The molecule has 0 fully saturated rings. The van der Waals surface area contributed by atoms with Crippen LogP contribution in [0.15, 0.2) is 77.1 Å². The summed E-state index contributed by atoms with van der Waals surface area (Å²) in [6, 6.07) is 16.0. The second-order valence-electron chi connectivity index (χ2n) is 6.09. The highest BCUT2D eigenvalue weighted by Crippen LogP contribution is 2.27. The number of amidine groups is 1. The maximum absolute atomic E-state index is 10.9. The van der Waals surface area contributed by atoms with Crippen LogP contribution >= 0.6 is 0 Å². The van der Waals surface area contributed by atoms with Crippen molar-refractivity contribution in [1.29, 1.82) is 0 Å². The first kappa shape index (κ1) is 16.6.